The highest BCUT2D eigenvalue weighted by Gasteiger charge is 2.43. The van der Waals surface area contributed by atoms with Crippen molar-refractivity contribution in [3.05, 3.63) is 34.4 Å². The molecule has 122 valence electrons. The van der Waals surface area contributed by atoms with Crippen LogP contribution < -0.4 is 0 Å². The van der Waals surface area contributed by atoms with Crippen LogP contribution in [0.5, 0.6) is 0 Å². The summed E-state index contributed by atoms with van der Waals surface area (Å²) >= 11 is 0. The fourth-order valence-electron chi connectivity index (χ4n) is 4.00. The zero-order valence-electron chi connectivity index (χ0n) is 15.8. The summed E-state index contributed by atoms with van der Waals surface area (Å²) in [7, 11) is 0. The summed E-state index contributed by atoms with van der Waals surface area (Å²) in [5.41, 5.74) is 5.17. The molecule has 0 N–H and O–H groups in total. The molecule has 0 aromatic heterocycles. The highest BCUT2D eigenvalue weighted by molar-refractivity contribution is 5.96. The zero-order chi connectivity index (χ0) is 17.1. The summed E-state index contributed by atoms with van der Waals surface area (Å²) in [4.78, 5) is 12.2. The lowest BCUT2D eigenvalue weighted by Gasteiger charge is -2.47. The van der Waals surface area contributed by atoms with Crippen LogP contribution in [0.3, 0.4) is 0 Å². The summed E-state index contributed by atoms with van der Waals surface area (Å²) in [6.45, 7) is 20.0. The van der Waals surface area contributed by atoms with Gasteiger partial charge in [-0.3, -0.25) is 4.79 Å². The summed E-state index contributed by atoms with van der Waals surface area (Å²) in [5, 5.41) is 0. The van der Waals surface area contributed by atoms with Crippen LogP contribution >= 0.6 is 0 Å². The average molecular weight is 300 g/mol. The molecule has 1 aromatic rings. The van der Waals surface area contributed by atoms with E-state index in [4.69, 9.17) is 0 Å². The topological polar surface area (TPSA) is 17.1 Å². The van der Waals surface area contributed by atoms with Crippen LogP contribution in [0.15, 0.2) is 12.1 Å². The highest BCUT2D eigenvalue weighted by atomic mass is 16.1. The van der Waals surface area contributed by atoms with Gasteiger partial charge in [-0.1, -0.05) is 61.5 Å². The molecule has 22 heavy (non-hydrogen) atoms. The molecule has 0 amide bonds. The molecule has 0 saturated carbocycles. The van der Waals surface area contributed by atoms with Crippen molar-refractivity contribution in [3.8, 4) is 0 Å². The van der Waals surface area contributed by atoms with E-state index in [0.29, 0.717) is 5.92 Å². The van der Waals surface area contributed by atoms with E-state index >= 15 is 0 Å². The lowest BCUT2D eigenvalue weighted by atomic mass is 9.57. The lowest BCUT2D eigenvalue weighted by molar-refractivity contribution is 0.101. The van der Waals surface area contributed by atoms with Crippen LogP contribution in [0.4, 0.5) is 0 Å². The fraction of sp³-hybridized carbons (Fsp3) is 0.667. The second kappa shape index (κ2) is 4.94. The minimum atomic E-state index is -0.0169. The maximum atomic E-state index is 12.2. The number of hydrogen-bond acceptors (Lipinski definition) is 1. The second-order valence-electron chi connectivity index (χ2n) is 9.46. The number of ketones is 1. The van der Waals surface area contributed by atoms with Crippen molar-refractivity contribution in [1.29, 1.82) is 0 Å². The fourth-order valence-corrected chi connectivity index (χ4v) is 4.00. The lowest BCUT2D eigenvalue weighted by Crippen LogP contribution is -2.41. The third-order valence-corrected chi connectivity index (χ3v) is 5.82. The van der Waals surface area contributed by atoms with Crippen molar-refractivity contribution in [1.82, 2.24) is 0 Å². The van der Waals surface area contributed by atoms with Crippen molar-refractivity contribution >= 4 is 5.78 Å². The monoisotopic (exact) mass is 300 g/mol. The first-order valence-electron chi connectivity index (χ1n) is 8.49. The first kappa shape index (κ1) is 17.2. The molecule has 1 aliphatic rings. The average Bonchev–Trinajstić information content (AvgIpc) is 2.33. The molecule has 1 aromatic carbocycles. The van der Waals surface area contributed by atoms with E-state index in [-0.39, 0.29) is 22.0 Å². The maximum absolute atomic E-state index is 12.2. The van der Waals surface area contributed by atoms with Crippen LogP contribution in [0.2, 0.25) is 0 Å². The molecular formula is C21H32O. The molecule has 1 heteroatoms. The van der Waals surface area contributed by atoms with Crippen molar-refractivity contribution in [2.75, 3.05) is 0 Å². The molecule has 1 unspecified atom stereocenters. The molecule has 1 nitrogen and oxygen atoms in total. The van der Waals surface area contributed by atoms with E-state index in [1.54, 1.807) is 6.92 Å². The number of benzene rings is 1. The second-order valence-corrected chi connectivity index (χ2v) is 9.46. The molecular weight excluding hydrogens is 268 g/mol. The van der Waals surface area contributed by atoms with E-state index < -0.39 is 0 Å². The van der Waals surface area contributed by atoms with E-state index in [1.807, 2.05) is 0 Å². The molecule has 2 rings (SSSR count). The maximum Gasteiger partial charge on any atom is 0.160 e. The SMILES string of the molecule is CC(=O)c1cc2c(cc1C(C)(C)C)C(C)(C)C(C)CC2(C)C. The molecule has 0 saturated heterocycles. The third kappa shape index (κ3) is 2.64. The molecule has 0 fully saturated rings. The standard InChI is InChI=1S/C21H32O/c1-13-12-20(6,7)17-10-15(14(2)22)16(19(3,4)5)11-18(17)21(13,8)9/h10-11,13H,12H2,1-9H3. The normalized spacial score (nSPS) is 23.0. The molecule has 0 bridgehead atoms. The van der Waals surface area contributed by atoms with Gasteiger partial charge in [0, 0.05) is 5.56 Å². The number of rotatable bonds is 1. The van der Waals surface area contributed by atoms with Crippen LogP contribution in [0.1, 0.15) is 95.8 Å². The van der Waals surface area contributed by atoms with E-state index in [2.05, 4.69) is 67.5 Å². The van der Waals surface area contributed by atoms with E-state index in [0.717, 1.165) is 5.56 Å². The summed E-state index contributed by atoms with van der Waals surface area (Å²) < 4.78 is 0. The smallest absolute Gasteiger partial charge is 0.160 e. The zero-order valence-corrected chi connectivity index (χ0v) is 15.8. The number of hydrogen-bond donors (Lipinski definition) is 0. The van der Waals surface area contributed by atoms with Gasteiger partial charge in [-0.2, -0.15) is 0 Å². The van der Waals surface area contributed by atoms with Crippen molar-refractivity contribution in [3.63, 3.8) is 0 Å². The Hall–Kier alpha value is -1.11. The van der Waals surface area contributed by atoms with Gasteiger partial charge in [0.25, 0.3) is 0 Å². The number of Topliss-reactive ketones (excluding diaryl/α,β-unsaturated/α-hetero) is 1. The number of carbonyl (C=O) groups is 1. The van der Waals surface area contributed by atoms with Crippen LogP contribution in [0, 0.1) is 5.92 Å². The number of carbonyl (C=O) groups excluding carboxylic acids is 1. The third-order valence-electron chi connectivity index (χ3n) is 5.82. The Morgan fingerprint density at radius 2 is 1.64 bits per heavy atom. The molecule has 0 radical (unpaired) electrons. The Balaban J connectivity index is 2.85. The molecule has 0 aliphatic heterocycles. The Bertz CT molecular complexity index is 612. The number of fused-ring (bicyclic) bond motifs is 1. The van der Waals surface area contributed by atoms with Crippen molar-refractivity contribution < 1.29 is 4.79 Å². The van der Waals surface area contributed by atoms with Crippen LogP contribution in [0.25, 0.3) is 0 Å². The van der Waals surface area contributed by atoms with Gasteiger partial charge >= 0.3 is 0 Å². The van der Waals surface area contributed by atoms with Gasteiger partial charge in [0.05, 0.1) is 0 Å². The Kier molecular flexibility index (Phi) is 3.88. The Morgan fingerprint density at radius 1 is 1.09 bits per heavy atom. The molecule has 1 aliphatic carbocycles. The minimum absolute atomic E-state index is 0.0169. The quantitative estimate of drug-likeness (QED) is 0.601. The van der Waals surface area contributed by atoms with Gasteiger partial charge in [-0.25, -0.2) is 0 Å². The van der Waals surface area contributed by atoms with Crippen LogP contribution in [-0.4, -0.2) is 5.78 Å². The predicted octanol–water partition coefficient (Wildman–Crippen LogP) is 5.78. The summed E-state index contributed by atoms with van der Waals surface area (Å²) in [5.74, 6) is 0.811. The summed E-state index contributed by atoms with van der Waals surface area (Å²) in [6, 6.07) is 4.54. The molecule has 0 spiro atoms. The van der Waals surface area contributed by atoms with Gasteiger partial charge in [0.1, 0.15) is 0 Å². The predicted molar refractivity (Wildman–Crippen MR) is 95.0 cm³/mol. The van der Waals surface area contributed by atoms with Crippen molar-refractivity contribution in [2.24, 2.45) is 5.92 Å². The van der Waals surface area contributed by atoms with Gasteiger partial charge in [-0.15, -0.1) is 0 Å². The van der Waals surface area contributed by atoms with Gasteiger partial charge in [0.15, 0.2) is 5.78 Å². The molecule has 0 heterocycles. The van der Waals surface area contributed by atoms with Gasteiger partial charge in [-0.05, 0) is 58.3 Å². The van der Waals surface area contributed by atoms with E-state index in [9.17, 15) is 4.79 Å². The minimum Gasteiger partial charge on any atom is -0.295 e. The largest absolute Gasteiger partial charge is 0.295 e. The first-order chi connectivity index (χ1) is 9.78. The van der Waals surface area contributed by atoms with Gasteiger partial charge in [0.2, 0.25) is 0 Å². The Morgan fingerprint density at radius 3 is 2.09 bits per heavy atom. The van der Waals surface area contributed by atoms with E-state index in [1.165, 1.54) is 23.1 Å². The van der Waals surface area contributed by atoms with Gasteiger partial charge < -0.3 is 0 Å². The molecule has 1 atom stereocenters. The highest BCUT2D eigenvalue weighted by Crippen LogP contribution is 2.50. The summed E-state index contributed by atoms with van der Waals surface area (Å²) in [6.07, 6.45) is 1.17. The van der Waals surface area contributed by atoms with Crippen LogP contribution in [-0.2, 0) is 16.2 Å². The Labute approximate surface area is 136 Å². The first-order valence-corrected chi connectivity index (χ1v) is 8.49. The van der Waals surface area contributed by atoms with Crippen molar-refractivity contribution in [2.45, 2.75) is 85.0 Å².